The zero-order valence-electron chi connectivity index (χ0n) is 16.1. The fraction of sp³-hybridized carbons (Fsp3) is 0.550. The average Bonchev–Trinajstić information content (AvgIpc) is 3.06. The molecule has 1 atom stereocenters. The first-order chi connectivity index (χ1) is 12.7. The number of benzene rings is 1. The van der Waals surface area contributed by atoms with E-state index < -0.39 is 11.4 Å². The van der Waals surface area contributed by atoms with Gasteiger partial charge in [-0.05, 0) is 42.2 Å². The van der Waals surface area contributed by atoms with Crippen molar-refractivity contribution in [3.63, 3.8) is 0 Å². The monoisotopic (exact) mass is 370 g/mol. The zero-order valence-corrected chi connectivity index (χ0v) is 16.1. The Labute approximate surface area is 157 Å². The molecule has 7 nitrogen and oxygen atoms in total. The first-order valence-electron chi connectivity index (χ1n) is 9.52. The lowest BCUT2D eigenvalue weighted by Gasteiger charge is -2.42. The number of hydrogen-bond acceptors (Lipinski definition) is 3. The molecular weight excluding hydrogens is 344 g/mol. The molecule has 1 aromatic heterocycles. The van der Waals surface area contributed by atoms with Gasteiger partial charge in [0.2, 0.25) is 5.91 Å². The molecule has 1 unspecified atom stereocenters. The van der Waals surface area contributed by atoms with Crippen LogP contribution in [0.15, 0.2) is 33.9 Å². The summed E-state index contributed by atoms with van der Waals surface area (Å²) in [6.07, 6.45) is 2.07. The summed E-state index contributed by atoms with van der Waals surface area (Å²) in [5, 5.41) is 2.60. The van der Waals surface area contributed by atoms with E-state index in [-0.39, 0.29) is 18.5 Å². The number of nitrogens with one attached hydrogen (secondary N) is 1. The molecule has 1 saturated carbocycles. The van der Waals surface area contributed by atoms with Gasteiger partial charge in [0.05, 0.1) is 6.04 Å². The summed E-state index contributed by atoms with van der Waals surface area (Å²) >= 11 is 0. The second-order valence-electron chi connectivity index (χ2n) is 8.73. The van der Waals surface area contributed by atoms with Crippen LogP contribution < -0.4 is 11.4 Å². The molecule has 1 aliphatic carbocycles. The van der Waals surface area contributed by atoms with Crippen LogP contribution in [0.3, 0.4) is 0 Å². The van der Waals surface area contributed by atoms with E-state index in [2.05, 4.69) is 18.9 Å². The Balaban J connectivity index is 1.48. The van der Waals surface area contributed by atoms with E-state index in [0.717, 1.165) is 28.5 Å². The Kier molecular flexibility index (Phi) is 4.13. The molecule has 4 rings (SSSR count). The van der Waals surface area contributed by atoms with E-state index in [9.17, 15) is 14.4 Å². The molecule has 1 aromatic carbocycles. The molecule has 1 fully saturated rings. The average molecular weight is 370 g/mol. The highest BCUT2D eigenvalue weighted by molar-refractivity contribution is 5.77. The maximum absolute atomic E-state index is 12.8. The summed E-state index contributed by atoms with van der Waals surface area (Å²) < 4.78 is 2.37. The number of hydrogen-bond donors (Lipinski definition) is 1. The normalized spacial score (nSPS) is 21.1. The van der Waals surface area contributed by atoms with Gasteiger partial charge in [-0.15, -0.1) is 0 Å². The number of aromatic nitrogens is 3. The highest BCUT2D eigenvalue weighted by atomic mass is 16.2. The van der Waals surface area contributed by atoms with Crippen molar-refractivity contribution >= 4 is 5.91 Å². The molecule has 0 spiro atoms. The van der Waals surface area contributed by atoms with Gasteiger partial charge in [-0.3, -0.25) is 4.79 Å². The smallest absolute Gasteiger partial charge is 0.330 e. The first-order valence-corrected chi connectivity index (χ1v) is 9.52. The largest absolute Gasteiger partial charge is 0.347 e. The van der Waals surface area contributed by atoms with Crippen molar-refractivity contribution in [1.82, 2.24) is 19.2 Å². The van der Waals surface area contributed by atoms with E-state index in [4.69, 9.17) is 0 Å². The SMILES string of the molecule is CC1c2ccccc2CN1C(=O)Cn1c(=O)[nH]n(CC2CC(C)(C)C2)c1=O. The third kappa shape index (κ3) is 3.15. The Morgan fingerprint density at radius 1 is 1.22 bits per heavy atom. The van der Waals surface area contributed by atoms with Gasteiger partial charge in [0.1, 0.15) is 6.54 Å². The molecule has 1 amide bonds. The van der Waals surface area contributed by atoms with Crippen LogP contribution in [-0.4, -0.2) is 25.2 Å². The number of fused-ring (bicyclic) bond motifs is 1. The Morgan fingerprint density at radius 3 is 2.59 bits per heavy atom. The molecule has 27 heavy (non-hydrogen) atoms. The van der Waals surface area contributed by atoms with E-state index in [1.807, 2.05) is 31.2 Å². The van der Waals surface area contributed by atoms with Gasteiger partial charge in [-0.2, -0.15) is 0 Å². The molecule has 7 heteroatoms. The second kappa shape index (κ2) is 6.25. The van der Waals surface area contributed by atoms with E-state index in [1.54, 1.807) is 4.90 Å². The first kappa shape index (κ1) is 17.8. The van der Waals surface area contributed by atoms with Gasteiger partial charge in [0, 0.05) is 13.1 Å². The predicted molar refractivity (Wildman–Crippen MR) is 101 cm³/mol. The fourth-order valence-corrected chi connectivity index (χ4v) is 4.71. The predicted octanol–water partition coefficient (Wildman–Crippen LogP) is 1.88. The highest BCUT2D eigenvalue weighted by Gasteiger charge is 2.36. The van der Waals surface area contributed by atoms with Gasteiger partial charge < -0.3 is 4.90 Å². The number of H-pyrrole nitrogens is 1. The summed E-state index contributed by atoms with van der Waals surface area (Å²) in [5.41, 5.74) is 1.61. The van der Waals surface area contributed by atoms with Crippen LogP contribution in [0.5, 0.6) is 0 Å². The standard InChI is InChI=1S/C20H26N4O3/c1-13-16-7-5-4-6-15(16)11-22(13)17(25)12-23-18(26)21-24(19(23)27)10-14-8-20(2,3)9-14/h4-7,13-14H,8-12H2,1-3H3,(H,21,26). The number of amides is 1. The van der Waals surface area contributed by atoms with Crippen LogP contribution in [0.1, 0.15) is 50.8 Å². The molecule has 1 N–H and O–H groups in total. The lowest BCUT2D eigenvalue weighted by molar-refractivity contribution is -0.134. The summed E-state index contributed by atoms with van der Waals surface area (Å²) in [6.45, 7) is 7.17. The number of aromatic amines is 1. The van der Waals surface area contributed by atoms with Gasteiger partial charge in [-0.1, -0.05) is 38.1 Å². The Morgan fingerprint density at radius 2 is 1.93 bits per heavy atom. The quantitative estimate of drug-likeness (QED) is 0.892. The van der Waals surface area contributed by atoms with Crippen molar-refractivity contribution in [2.75, 3.05) is 0 Å². The van der Waals surface area contributed by atoms with Gasteiger partial charge in [-0.25, -0.2) is 23.9 Å². The van der Waals surface area contributed by atoms with Gasteiger partial charge in [0.15, 0.2) is 0 Å². The van der Waals surface area contributed by atoms with Crippen molar-refractivity contribution in [2.24, 2.45) is 11.3 Å². The lowest BCUT2D eigenvalue weighted by atomic mass is 9.64. The number of carbonyl (C=O) groups excluding carboxylic acids is 1. The molecule has 0 bridgehead atoms. The maximum atomic E-state index is 12.8. The Bertz CT molecular complexity index is 989. The summed E-state index contributed by atoms with van der Waals surface area (Å²) in [7, 11) is 0. The van der Waals surface area contributed by atoms with E-state index >= 15 is 0 Å². The van der Waals surface area contributed by atoms with E-state index in [1.165, 1.54) is 4.68 Å². The minimum atomic E-state index is -0.517. The van der Waals surface area contributed by atoms with Crippen LogP contribution in [0.4, 0.5) is 0 Å². The van der Waals surface area contributed by atoms with Crippen molar-refractivity contribution in [2.45, 2.75) is 59.3 Å². The minimum absolute atomic E-state index is 0.0530. The highest BCUT2D eigenvalue weighted by Crippen LogP contribution is 2.45. The fourth-order valence-electron chi connectivity index (χ4n) is 4.71. The molecule has 2 aliphatic rings. The molecule has 1 aliphatic heterocycles. The molecule has 2 heterocycles. The number of carbonyl (C=O) groups is 1. The summed E-state index contributed by atoms with van der Waals surface area (Å²) in [6, 6.07) is 7.89. The van der Waals surface area contributed by atoms with Crippen LogP contribution in [0, 0.1) is 11.3 Å². The van der Waals surface area contributed by atoms with Crippen molar-refractivity contribution in [1.29, 1.82) is 0 Å². The minimum Gasteiger partial charge on any atom is -0.330 e. The molecular formula is C20H26N4O3. The van der Waals surface area contributed by atoms with Crippen LogP contribution >= 0.6 is 0 Å². The second-order valence-corrected chi connectivity index (χ2v) is 8.73. The number of rotatable bonds is 4. The van der Waals surface area contributed by atoms with Crippen LogP contribution in [0.2, 0.25) is 0 Å². The maximum Gasteiger partial charge on any atom is 0.347 e. The van der Waals surface area contributed by atoms with Gasteiger partial charge in [0.25, 0.3) is 0 Å². The Hall–Kier alpha value is -2.57. The summed E-state index contributed by atoms with van der Waals surface area (Å²) in [4.78, 5) is 39.4. The van der Waals surface area contributed by atoms with Crippen molar-refractivity contribution in [3.05, 3.63) is 56.4 Å². The van der Waals surface area contributed by atoms with Crippen LogP contribution in [0.25, 0.3) is 0 Å². The summed E-state index contributed by atoms with van der Waals surface area (Å²) in [5.74, 6) is 0.182. The molecule has 144 valence electrons. The van der Waals surface area contributed by atoms with Crippen molar-refractivity contribution in [3.8, 4) is 0 Å². The van der Waals surface area contributed by atoms with Crippen molar-refractivity contribution < 1.29 is 4.79 Å². The molecule has 0 saturated heterocycles. The topological polar surface area (TPSA) is 80.1 Å². The third-order valence-corrected chi connectivity index (χ3v) is 5.99. The van der Waals surface area contributed by atoms with Crippen LogP contribution in [-0.2, 0) is 24.4 Å². The number of nitrogens with zero attached hydrogens (tertiary/aromatic N) is 3. The third-order valence-electron chi connectivity index (χ3n) is 5.99. The molecule has 0 radical (unpaired) electrons. The van der Waals surface area contributed by atoms with Gasteiger partial charge >= 0.3 is 11.4 Å². The lowest BCUT2D eigenvalue weighted by Crippen LogP contribution is -2.40. The van der Waals surface area contributed by atoms with E-state index in [0.29, 0.717) is 24.4 Å². The molecule has 2 aromatic rings. The zero-order chi connectivity index (χ0) is 19.3.